The Labute approximate surface area is 97.7 Å². The molecule has 3 aliphatic heterocycles. The zero-order valence-corrected chi connectivity index (χ0v) is 9.24. The van der Waals surface area contributed by atoms with Crippen molar-refractivity contribution in [3.05, 3.63) is 29.3 Å². The number of hydrogen-bond acceptors (Lipinski definition) is 4. The number of anilines is 1. The predicted molar refractivity (Wildman–Crippen MR) is 59.3 cm³/mol. The Hall–Kier alpha value is -1.13. The molecule has 1 aromatic rings. The minimum absolute atomic E-state index is 0.242. The van der Waals surface area contributed by atoms with Crippen molar-refractivity contribution in [1.29, 1.82) is 0 Å². The van der Waals surface area contributed by atoms with E-state index in [0.29, 0.717) is 5.92 Å². The molecule has 16 heavy (non-hydrogen) atoms. The van der Waals surface area contributed by atoms with Crippen molar-refractivity contribution in [3.8, 4) is 0 Å². The van der Waals surface area contributed by atoms with Gasteiger partial charge >= 0.3 is 0 Å². The van der Waals surface area contributed by atoms with Gasteiger partial charge in [-0.2, -0.15) is 0 Å². The lowest BCUT2D eigenvalue weighted by atomic mass is 9.78. The van der Waals surface area contributed by atoms with Crippen LogP contribution in [0.25, 0.3) is 0 Å². The normalized spacial score (nSPS) is 38.1. The molecule has 3 aliphatic rings. The van der Waals surface area contributed by atoms with Gasteiger partial charge < -0.3 is 10.1 Å². The maximum Gasteiger partial charge on any atom is 0.222 e. The van der Waals surface area contributed by atoms with Gasteiger partial charge in [-0.05, 0) is 24.1 Å². The van der Waals surface area contributed by atoms with Crippen molar-refractivity contribution in [3.63, 3.8) is 0 Å². The summed E-state index contributed by atoms with van der Waals surface area (Å²) in [5, 5.41) is 3.62. The maximum absolute atomic E-state index is 6.05. The summed E-state index contributed by atoms with van der Waals surface area (Å²) in [6, 6.07) is 0. The van der Waals surface area contributed by atoms with Crippen LogP contribution in [0, 0.1) is 5.92 Å². The molecule has 3 atom stereocenters. The van der Waals surface area contributed by atoms with Crippen LogP contribution < -0.4 is 5.32 Å². The SMILES string of the molecule is Clc1ncc2c(n1)[C@]13C=C[C@H](C[C@H]1CN2)O3. The summed E-state index contributed by atoms with van der Waals surface area (Å²) in [6.45, 7) is 0.916. The highest BCUT2D eigenvalue weighted by Gasteiger charge is 2.55. The lowest BCUT2D eigenvalue weighted by molar-refractivity contribution is 0.00577. The number of halogens is 1. The van der Waals surface area contributed by atoms with Crippen LogP contribution in [0.4, 0.5) is 5.69 Å². The van der Waals surface area contributed by atoms with E-state index in [1.807, 2.05) is 0 Å². The average Bonchev–Trinajstić information content (AvgIpc) is 2.86. The molecule has 0 aliphatic carbocycles. The van der Waals surface area contributed by atoms with Gasteiger partial charge in [-0.1, -0.05) is 6.08 Å². The first-order valence-electron chi connectivity index (χ1n) is 5.42. The molecule has 4 rings (SSSR count). The summed E-state index contributed by atoms with van der Waals surface area (Å²) in [4.78, 5) is 8.34. The standard InChI is InChI=1S/C11H10ClN3O/c12-10-14-5-8-9(15-10)11-2-1-7(16-11)3-6(11)4-13-8/h1-2,5-7,13H,3-4H2/t6-,7+,11-/m0/s1. The third-order valence-electron chi connectivity index (χ3n) is 3.70. The molecule has 82 valence electrons. The highest BCUT2D eigenvalue weighted by molar-refractivity contribution is 6.28. The largest absolute Gasteiger partial charge is 0.382 e. The minimum atomic E-state index is -0.349. The molecule has 0 amide bonds. The first-order valence-corrected chi connectivity index (χ1v) is 5.80. The van der Waals surface area contributed by atoms with Crippen molar-refractivity contribution >= 4 is 17.3 Å². The lowest BCUT2D eigenvalue weighted by Crippen LogP contribution is -2.40. The summed E-state index contributed by atoms with van der Waals surface area (Å²) >= 11 is 5.87. The molecule has 0 aromatic carbocycles. The van der Waals surface area contributed by atoms with Crippen LogP contribution in [0.5, 0.6) is 0 Å². The number of nitrogens with zero attached hydrogens (tertiary/aromatic N) is 2. The van der Waals surface area contributed by atoms with Crippen molar-refractivity contribution < 1.29 is 4.74 Å². The molecular formula is C11H10ClN3O. The van der Waals surface area contributed by atoms with Gasteiger partial charge in [0.25, 0.3) is 0 Å². The van der Waals surface area contributed by atoms with Gasteiger partial charge in [0, 0.05) is 12.5 Å². The average molecular weight is 236 g/mol. The fourth-order valence-electron chi connectivity index (χ4n) is 2.98. The van der Waals surface area contributed by atoms with E-state index in [-0.39, 0.29) is 17.0 Å². The van der Waals surface area contributed by atoms with Gasteiger partial charge in [-0.25, -0.2) is 9.97 Å². The quantitative estimate of drug-likeness (QED) is 0.550. The molecule has 1 fully saturated rings. The van der Waals surface area contributed by atoms with Gasteiger partial charge in [0.15, 0.2) is 0 Å². The summed E-state index contributed by atoms with van der Waals surface area (Å²) in [5.74, 6) is 0.459. The smallest absolute Gasteiger partial charge is 0.222 e. The third kappa shape index (κ3) is 0.942. The van der Waals surface area contributed by atoms with E-state index in [1.165, 1.54) is 0 Å². The molecule has 2 bridgehead atoms. The van der Waals surface area contributed by atoms with Crippen molar-refractivity contribution in [2.24, 2.45) is 5.92 Å². The van der Waals surface area contributed by atoms with Gasteiger partial charge in [-0.15, -0.1) is 0 Å². The number of nitrogens with one attached hydrogen (secondary N) is 1. The van der Waals surface area contributed by atoms with Gasteiger partial charge in [0.2, 0.25) is 5.28 Å². The molecule has 0 radical (unpaired) electrons. The van der Waals surface area contributed by atoms with E-state index in [1.54, 1.807) is 6.20 Å². The summed E-state index contributed by atoms with van der Waals surface area (Å²) < 4.78 is 6.05. The van der Waals surface area contributed by atoms with Crippen LogP contribution in [0.15, 0.2) is 18.3 Å². The Morgan fingerprint density at radius 2 is 2.50 bits per heavy atom. The Bertz CT molecular complexity index is 504. The second kappa shape index (κ2) is 2.76. The molecule has 1 N–H and O–H groups in total. The van der Waals surface area contributed by atoms with Crippen LogP contribution in [0.3, 0.4) is 0 Å². The van der Waals surface area contributed by atoms with E-state index >= 15 is 0 Å². The van der Waals surface area contributed by atoms with Crippen LogP contribution >= 0.6 is 11.6 Å². The molecule has 1 spiro atoms. The monoisotopic (exact) mass is 235 g/mol. The first kappa shape index (κ1) is 8.96. The van der Waals surface area contributed by atoms with Crippen LogP contribution in [-0.4, -0.2) is 22.6 Å². The van der Waals surface area contributed by atoms with Crippen molar-refractivity contribution in [1.82, 2.24) is 9.97 Å². The number of hydrogen-bond donors (Lipinski definition) is 1. The second-order valence-electron chi connectivity index (χ2n) is 4.52. The summed E-state index contributed by atoms with van der Waals surface area (Å²) in [6.07, 6.45) is 7.30. The molecule has 4 nitrogen and oxygen atoms in total. The zero-order chi connectivity index (χ0) is 10.8. The molecule has 0 unspecified atom stereocenters. The lowest BCUT2D eigenvalue weighted by Gasteiger charge is -2.36. The summed E-state index contributed by atoms with van der Waals surface area (Å²) in [7, 11) is 0. The number of fused-ring (bicyclic) bond motifs is 2. The van der Waals surface area contributed by atoms with E-state index in [4.69, 9.17) is 16.3 Å². The second-order valence-corrected chi connectivity index (χ2v) is 4.86. The van der Waals surface area contributed by atoms with Crippen molar-refractivity contribution in [2.75, 3.05) is 11.9 Å². The number of rotatable bonds is 0. The van der Waals surface area contributed by atoms with E-state index in [9.17, 15) is 0 Å². The maximum atomic E-state index is 6.05. The highest BCUT2D eigenvalue weighted by Crippen LogP contribution is 2.53. The predicted octanol–water partition coefficient (Wildman–Crippen LogP) is 1.73. The Balaban J connectivity index is 1.97. The van der Waals surface area contributed by atoms with E-state index < -0.39 is 0 Å². The van der Waals surface area contributed by atoms with Gasteiger partial charge in [0.1, 0.15) is 11.3 Å². The van der Waals surface area contributed by atoms with Gasteiger partial charge in [-0.3, -0.25) is 0 Å². The number of ether oxygens (including phenoxy) is 1. The topological polar surface area (TPSA) is 47.0 Å². The van der Waals surface area contributed by atoms with Crippen LogP contribution in [0.2, 0.25) is 5.28 Å². The highest BCUT2D eigenvalue weighted by atomic mass is 35.5. The third-order valence-corrected chi connectivity index (χ3v) is 3.88. The van der Waals surface area contributed by atoms with Crippen molar-refractivity contribution in [2.45, 2.75) is 18.1 Å². The molecule has 0 saturated carbocycles. The Morgan fingerprint density at radius 3 is 3.38 bits per heavy atom. The minimum Gasteiger partial charge on any atom is -0.382 e. The van der Waals surface area contributed by atoms with Gasteiger partial charge in [0.05, 0.1) is 18.0 Å². The van der Waals surface area contributed by atoms with Crippen LogP contribution in [-0.2, 0) is 10.3 Å². The summed E-state index contributed by atoms with van der Waals surface area (Å²) in [5.41, 5.74) is 1.48. The molecular weight excluding hydrogens is 226 g/mol. The fraction of sp³-hybridized carbons (Fsp3) is 0.455. The Morgan fingerprint density at radius 1 is 1.56 bits per heavy atom. The molecule has 4 heterocycles. The first-order chi connectivity index (χ1) is 7.78. The molecule has 1 aromatic heterocycles. The fourth-order valence-corrected chi connectivity index (χ4v) is 3.11. The van der Waals surface area contributed by atoms with Crippen LogP contribution in [0.1, 0.15) is 12.1 Å². The van der Waals surface area contributed by atoms with E-state index in [0.717, 1.165) is 24.3 Å². The van der Waals surface area contributed by atoms with E-state index in [2.05, 4.69) is 27.4 Å². The molecule has 1 saturated heterocycles. The number of aromatic nitrogens is 2. The molecule has 5 heteroatoms. The zero-order valence-electron chi connectivity index (χ0n) is 8.48. The Kier molecular flexibility index (Phi) is 1.54.